The lowest BCUT2D eigenvalue weighted by Crippen LogP contribution is -2.23. The zero-order valence-electron chi connectivity index (χ0n) is 14.7. The molecule has 3 aromatic rings. The molecule has 1 heterocycles. The van der Waals surface area contributed by atoms with E-state index in [4.69, 9.17) is 4.74 Å². The Hall–Kier alpha value is -3.54. The van der Waals surface area contributed by atoms with Gasteiger partial charge in [-0.05, 0) is 72.5 Å². The lowest BCUT2D eigenvalue weighted by atomic mass is 10.1. The van der Waals surface area contributed by atoms with Crippen molar-refractivity contribution in [2.24, 2.45) is 0 Å². The van der Waals surface area contributed by atoms with Crippen molar-refractivity contribution in [1.82, 2.24) is 4.57 Å². The van der Waals surface area contributed by atoms with Gasteiger partial charge in [0.25, 0.3) is 0 Å². The summed E-state index contributed by atoms with van der Waals surface area (Å²) >= 11 is 0. The van der Waals surface area contributed by atoms with Gasteiger partial charge < -0.3 is 29.1 Å². The first-order valence-corrected chi connectivity index (χ1v) is 8.36. The molecule has 0 bridgehead atoms. The molecule has 0 amide bonds. The Balaban J connectivity index is 2.07. The minimum atomic E-state index is -1.25. The summed E-state index contributed by atoms with van der Waals surface area (Å²) in [6.45, 7) is 0. The summed E-state index contributed by atoms with van der Waals surface area (Å²) in [5, 5.41) is 21.9. The van der Waals surface area contributed by atoms with Crippen molar-refractivity contribution in [1.29, 1.82) is 0 Å². The van der Waals surface area contributed by atoms with Gasteiger partial charge >= 0.3 is 0 Å². The van der Waals surface area contributed by atoms with E-state index >= 15 is 0 Å². The maximum atomic E-state index is 11.0. The van der Waals surface area contributed by atoms with Gasteiger partial charge in [0.2, 0.25) is 0 Å². The third-order valence-corrected chi connectivity index (χ3v) is 4.29. The lowest BCUT2D eigenvalue weighted by molar-refractivity contribution is -0.305. The first-order chi connectivity index (χ1) is 13.0. The number of carbonyl (C=O) groups excluding carboxylic acids is 2. The van der Waals surface area contributed by atoms with Gasteiger partial charge in [0.1, 0.15) is 5.75 Å². The third-order valence-electron chi connectivity index (χ3n) is 4.29. The zero-order chi connectivity index (χ0) is 19.4. The highest BCUT2D eigenvalue weighted by Gasteiger charge is 2.12. The van der Waals surface area contributed by atoms with E-state index in [1.807, 2.05) is 41.0 Å². The van der Waals surface area contributed by atoms with Gasteiger partial charge in [-0.15, -0.1) is 0 Å². The van der Waals surface area contributed by atoms with Crippen LogP contribution in [-0.4, -0.2) is 23.6 Å². The van der Waals surface area contributed by atoms with Crippen LogP contribution in [0.4, 0.5) is 0 Å². The van der Waals surface area contributed by atoms with Crippen LogP contribution >= 0.6 is 0 Å². The van der Waals surface area contributed by atoms with Gasteiger partial charge in [0.15, 0.2) is 0 Å². The second kappa shape index (κ2) is 7.78. The number of benzene rings is 2. The van der Waals surface area contributed by atoms with Crippen LogP contribution in [-0.2, 0) is 11.2 Å². The van der Waals surface area contributed by atoms with E-state index < -0.39 is 11.9 Å². The number of aryl methyl sites for hydroxylation is 1. The first kappa shape index (κ1) is 18.3. The number of ether oxygens (including phenoxy) is 1. The molecule has 6 nitrogen and oxygen atoms in total. The van der Waals surface area contributed by atoms with E-state index in [1.54, 1.807) is 19.2 Å². The Morgan fingerprint density at radius 2 is 1.59 bits per heavy atom. The van der Waals surface area contributed by atoms with Gasteiger partial charge in [0.05, 0.1) is 18.8 Å². The maximum absolute atomic E-state index is 11.0. The number of aromatic nitrogens is 1. The highest BCUT2D eigenvalue weighted by atomic mass is 16.5. The number of carboxylic acids is 2. The molecule has 0 saturated heterocycles. The number of carbonyl (C=O) groups is 2. The van der Waals surface area contributed by atoms with Crippen LogP contribution in [0, 0.1) is 0 Å². The molecule has 0 N–H and O–H groups in total. The molecule has 0 fully saturated rings. The van der Waals surface area contributed by atoms with Crippen LogP contribution in [0.1, 0.15) is 22.5 Å². The number of aliphatic carboxylic acids is 1. The predicted octanol–water partition coefficient (Wildman–Crippen LogP) is 1.20. The molecule has 0 atom stereocenters. The van der Waals surface area contributed by atoms with Crippen molar-refractivity contribution in [2.75, 3.05) is 7.11 Å². The molecule has 138 valence electrons. The van der Waals surface area contributed by atoms with E-state index in [0.29, 0.717) is 6.42 Å². The number of methoxy groups -OCH3 is 1. The molecule has 6 heteroatoms. The summed E-state index contributed by atoms with van der Waals surface area (Å²) in [4.78, 5) is 21.9. The van der Waals surface area contributed by atoms with E-state index in [1.165, 1.54) is 12.1 Å². The Morgan fingerprint density at radius 1 is 0.926 bits per heavy atom. The quantitative estimate of drug-likeness (QED) is 0.629. The van der Waals surface area contributed by atoms with Crippen LogP contribution in [0.25, 0.3) is 16.9 Å². The fourth-order valence-corrected chi connectivity index (χ4v) is 2.94. The molecular weight excluding hydrogens is 346 g/mol. The zero-order valence-corrected chi connectivity index (χ0v) is 14.7. The summed E-state index contributed by atoms with van der Waals surface area (Å²) in [6.07, 6.45) is 0.184. The average molecular weight is 363 g/mol. The number of hydrogen-bond acceptors (Lipinski definition) is 5. The molecule has 0 aliphatic carbocycles. The topological polar surface area (TPSA) is 94.4 Å². The van der Waals surface area contributed by atoms with Gasteiger partial charge in [-0.3, -0.25) is 0 Å². The average Bonchev–Trinajstić information content (AvgIpc) is 3.10. The van der Waals surface area contributed by atoms with Crippen LogP contribution < -0.4 is 14.9 Å². The Kier molecular flexibility index (Phi) is 5.26. The smallest absolute Gasteiger partial charge is 0.118 e. The molecule has 0 aliphatic rings. The Labute approximate surface area is 156 Å². The summed E-state index contributed by atoms with van der Waals surface area (Å²) in [5.74, 6) is -1.64. The molecular formula is C21H17NO5-2. The fourth-order valence-electron chi connectivity index (χ4n) is 2.94. The van der Waals surface area contributed by atoms with E-state index in [0.717, 1.165) is 28.4 Å². The van der Waals surface area contributed by atoms with Crippen molar-refractivity contribution >= 4 is 11.9 Å². The normalized spacial score (nSPS) is 10.6. The van der Waals surface area contributed by atoms with E-state index in [2.05, 4.69) is 0 Å². The van der Waals surface area contributed by atoms with E-state index in [-0.39, 0.29) is 12.0 Å². The SMILES string of the molecule is COc1ccc(-c2ccc(CCC(=O)[O-])n2-c2ccc(C(=O)[O-])cc2)cc1. The number of rotatable bonds is 7. The highest BCUT2D eigenvalue weighted by molar-refractivity contribution is 5.86. The summed E-state index contributed by atoms with van der Waals surface area (Å²) in [6, 6.07) is 17.5. The largest absolute Gasteiger partial charge is 0.550 e. The molecule has 0 aliphatic heterocycles. The minimum absolute atomic E-state index is 0.0770. The summed E-state index contributed by atoms with van der Waals surface area (Å²) in [7, 11) is 1.59. The molecule has 0 saturated carbocycles. The van der Waals surface area contributed by atoms with Crippen LogP contribution in [0.2, 0.25) is 0 Å². The van der Waals surface area contributed by atoms with Gasteiger partial charge in [-0.25, -0.2) is 0 Å². The third kappa shape index (κ3) is 4.00. The molecule has 1 aromatic heterocycles. The van der Waals surface area contributed by atoms with Crippen molar-refractivity contribution in [3.63, 3.8) is 0 Å². The standard InChI is InChI=1S/C21H19NO5/c1-27-18-10-4-14(5-11-18)19-12-8-17(9-13-20(23)24)22(19)16-6-2-15(3-7-16)21(25)26/h2-8,10-12H,9,13H2,1H3,(H,23,24)(H,25,26)/p-2. The predicted molar refractivity (Wildman–Crippen MR) is 95.4 cm³/mol. The summed E-state index contributed by atoms with van der Waals surface area (Å²) < 4.78 is 7.09. The second-order valence-corrected chi connectivity index (χ2v) is 5.98. The van der Waals surface area contributed by atoms with Crippen molar-refractivity contribution < 1.29 is 24.5 Å². The highest BCUT2D eigenvalue weighted by Crippen LogP contribution is 2.29. The minimum Gasteiger partial charge on any atom is -0.550 e. The molecule has 27 heavy (non-hydrogen) atoms. The van der Waals surface area contributed by atoms with Gasteiger partial charge in [0, 0.05) is 17.4 Å². The maximum Gasteiger partial charge on any atom is 0.118 e. The number of carboxylic acid groups (broad SMARTS) is 2. The molecule has 0 unspecified atom stereocenters. The molecule has 3 rings (SSSR count). The van der Waals surface area contributed by atoms with Crippen LogP contribution in [0.3, 0.4) is 0 Å². The summed E-state index contributed by atoms with van der Waals surface area (Å²) in [5.41, 5.74) is 3.36. The van der Waals surface area contributed by atoms with Crippen molar-refractivity contribution in [3.05, 3.63) is 71.9 Å². The monoisotopic (exact) mass is 363 g/mol. The fraction of sp³-hybridized carbons (Fsp3) is 0.143. The Morgan fingerprint density at radius 3 is 2.15 bits per heavy atom. The molecule has 2 aromatic carbocycles. The van der Waals surface area contributed by atoms with E-state index in [9.17, 15) is 19.8 Å². The molecule has 0 radical (unpaired) electrons. The first-order valence-electron chi connectivity index (χ1n) is 8.36. The van der Waals surface area contributed by atoms with Crippen LogP contribution in [0.15, 0.2) is 60.7 Å². The Bertz CT molecular complexity index is 955. The van der Waals surface area contributed by atoms with Crippen molar-refractivity contribution in [3.8, 4) is 22.7 Å². The number of aromatic carboxylic acids is 1. The second-order valence-electron chi connectivity index (χ2n) is 5.98. The van der Waals surface area contributed by atoms with Crippen LogP contribution in [0.5, 0.6) is 5.75 Å². The lowest BCUT2D eigenvalue weighted by Gasteiger charge is -2.15. The number of nitrogens with zero attached hydrogens (tertiary/aromatic N) is 1. The van der Waals surface area contributed by atoms with Gasteiger partial charge in [-0.1, -0.05) is 12.1 Å². The van der Waals surface area contributed by atoms with Crippen molar-refractivity contribution in [2.45, 2.75) is 12.8 Å². The number of hydrogen-bond donors (Lipinski definition) is 0. The molecule has 0 spiro atoms. The van der Waals surface area contributed by atoms with Gasteiger partial charge in [-0.2, -0.15) is 0 Å².